The van der Waals surface area contributed by atoms with Crippen molar-refractivity contribution in [2.24, 2.45) is 0 Å². The molecule has 1 saturated carbocycles. The molecule has 1 aromatic rings. The summed E-state index contributed by atoms with van der Waals surface area (Å²) in [6, 6.07) is 5.34. The molecule has 154 valence electrons. The van der Waals surface area contributed by atoms with Crippen molar-refractivity contribution in [1.82, 2.24) is 15.5 Å². The monoisotopic (exact) mass is 453 g/mol. The highest BCUT2D eigenvalue weighted by atomic mass is 79.9. The molecule has 0 radical (unpaired) electrons. The number of piperidine rings is 1. The number of aliphatic hydroxyl groups excluding tert-OH is 1. The maximum Gasteiger partial charge on any atom is 0.317 e. The van der Waals surface area contributed by atoms with E-state index in [0.29, 0.717) is 18.7 Å². The molecule has 2 heterocycles. The van der Waals surface area contributed by atoms with Gasteiger partial charge in [0, 0.05) is 35.1 Å². The van der Waals surface area contributed by atoms with Crippen molar-refractivity contribution in [3.63, 3.8) is 0 Å². The SMILES string of the molecule is O=C1NCCC([C@]2(c3ccc(Br)cc3F)CCCNC2)N1[C@H]1CC[C@@H](O)CC1. The zero-order valence-electron chi connectivity index (χ0n) is 16.1. The normalized spacial score (nSPS) is 34.2. The lowest BCUT2D eigenvalue weighted by molar-refractivity contribution is 0.0277. The van der Waals surface area contributed by atoms with Gasteiger partial charge in [-0.15, -0.1) is 0 Å². The molecule has 5 nitrogen and oxygen atoms in total. The van der Waals surface area contributed by atoms with E-state index in [1.54, 1.807) is 0 Å². The number of hydrogen-bond acceptors (Lipinski definition) is 3. The van der Waals surface area contributed by atoms with Crippen molar-refractivity contribution in [3.05, 3.63) is 34.1 Å². The maximum atomic E-state index is 15.1. The minimum atomic E-state index is -0.434. The summed E-state index contributed by atoms with van der Waals surface area (Å²) in [6.45, 7) is 2.22. The van der Waals surface area contributed by atoms with E-state index in [4.69, 9.17) is 0 Å². The lowest BCUT2D eigenvalue weighted by Gasteiger charge is -2.53. The number of nitrogens with zero attached hydrogens (tertiary/aromatic N) is 1. The highest BCUT2D eigenvalue weighted by Crippen LogP contribution is 2.43. The third-order valence-electron chi connectivity index (χ3n) is 6.85. The second-order valence-electron chi connectivity index (χ2n) is 8.47. The number of amides is 2. The molecule has 0 aromatic heterocycles. The van der Waals surface area contributed by atoms with Crippen LogP contribution in [-0.2, 0) is 5.41 Å². The summed E-state index contributed by atoms with van der Waals surface area (Å²) in [5, 5.41) is 16.4. The first-order valence-corrected chi connectivity index (χ1v) is 11.2. The number of carbonyl (C=O) groups is 1. The molecule has 2 atom stereocenters. The van der Waals surface area contributed by atoms with E-state index in [-0.39, 0.29) is 30.0 Å². The number of rotatable bonds is 3. The maximum absolute atomic E-state index is 15.1. The van der Waals surface area contributed by atoms with Crippen molar-refractivity contribution in [2.45, 2.75) is 68.5 Å². The fourth-order valence-corrected chi connectivity index (χ4v) is 5.84. The zero-order chi connectivity index (χ0) is 19.7. The van der Waals surface area contributed by atoms with Gasteiger partial charge in [-0.25, -0.2) is 9.18 Å². The van der Waals surface area contributed by atoms with Crippen LogP contribution in [-0.4, -0.2) is 53.9 Å². The molecule has 4 rings (SSSR count). The summed E-state index contributed by atoms with van der Waals surface area (Å²) >= 11 is 3.37. The number of carbonyl (C=O) groups excluding carboxylic acids is 1. The molecule has 28 heavy (non-hydrogen) atoms. The molecule has 3 aliphatic rings. The van der Waals surface area contributed by atoms with Gasteiger partial charge in [0.05, 0.1) is 6.10 Å². The molecule has 1 unspecified atom stereocenters. The standard InChI is InChI=1S/C21H29BrFN3O2/c22-14-2-7-17(18(23)12-14)21(9-1-10-24-13-21)19-8-11-25-20(28)26(19)15-3-5-16(27)6-4-15/h2,7,12,15-16,19,24,27H,1,3-6,8-11,13H2,(H,25,28)/t15-,16+,19?,21-/m1/s1. The first-order chi connectivity index (χ1) is 13.5. The minimum absolute atomic E-state index is 0.0416. The third kappa shape index (κ3) is 3.68. The van der Waals surface area contributed by atoms with Gasteiger partial charge >= 0.3 is 6.03 Å². The number of hydrogen-bond donors (Lipinski definition) is 3. The van der Waals surface area contributed by atoms with Crippen LogP contribution >= 0.6 is 15.9 Å². The van der Waals surface area contributed by atoms with E-state index in [1.807, 2.05) is 17.0 Å². The van der Waals surface area contributed by atoms with E-state index in [9.17, 15) is 9.90 Å². The largest absolute Gasteiger partial charge is 0.393 e. The number of aliphatic hydroxyl groups is 1. The Kier molecular flexibility index (Phi) is 5.95. The minimum Gasteiger partial charge on any atom is -0.393 e. The van der Waals surface area contributed by atoms with Crippen molar-refractivity contribution in [1.29, 1.82) is 0 Å². The van der Waals surface area contributed by atoms with Gasteiger partial charge in [-0.1, -0.05) is 22.0 Å². The van der Waals surface area contributed by atoms with Gasteiger partial charge in [0.15, 0.2) is 0 Å². The fourth-order valence-electron chi connectivity index (χ4n) is 5.50. The Morgan fingerprint density at radius 3 is 2.64 bits per heavy atom. The molecule has 2 saturated heterocycles. The highest BCUT2D eigenvalue weighted by Gasteiger charge is 2.50. The van der Waals surface area contributed by atoms with Crippen LogP contribution in [0.2, 0.25) is 0 Å². The summed E-state index contributed by atoms with van der Waals surface area (Å²) in [5.41, 5.74) is 0.278. The molecule has 2 amide bonds. The van der Waals surface area contributed by atoms with Crippen LogP contribution < -0.4 is 10.6 Å². The predicted molar refractivity (Wildman–Crippen MR) is 110 cm³/mol. The van der Waals surface area contributed by atoms with E-state index < -0.39 is 5.41 Å². The summed E-state index contributed by atoms with van der Waals surface area (Å²) in [4.78, 5) is 15.0. The first kappa shape index (κ1) is 20.1. The number of halogens is 2. The Bertz CT molecular complexity index is 718. The second-order valence-corrected chi connectivity index (χ2v) is 9.38. The van der Waals surface area contributed by atoms with Crippen molar-refractivity contribution < 1.29 is 14.3 Å². The van der Waals surface area contributed by atoms with Gasteiger partial charge in [-0.3, -0.25) is 0 Å². The Morgan fingerprint density at radius 2 is 1.96 bits per heavy atom. The molecule has 1 aromatic carbocycles. The van der Waals surface area contributed by atoms with Crippen molar-refractivity contribution >= 4 is 22.0 Å². The van der Waals surface area contributed by atoms with Crippen LogP contribution in [0.4, 0.5) is 9.18 Å². The molecule has 1 aliphatic carbocycles. The summed E-state index contributed by atoms with van der Waals surface area (Å²) in [5.74, 6) is -0.205. The summed E-state index contributed by atoms with van der Waals surface area (Å²) < 4.78 is 15.9. The molecule has 0 spiro atoms. The molecule has 3 fully saturated rings. The van der Waals surface area contributed by atoms with E-state index >= 15 is 4.39 Å². The van der Waals surface area contributed by atoms with Gasteiger partial charge in [0.1, 0.15) is 5.82 Å². The number of urea groups is 1. The van der Waals surface area contributed by atoms with E-state index in [1.165, 1.54) is 6.07 Å². The Balaban J connectivity index is 1.74. The van der Waals surface area contributed by atoms with E-state index in [2.05, 4.69) is 26.6 Å². The van der Waals surface area contributed by atoms with Crippen LogP contribution in [0.1, 0.15) is 50.5 Å². The molecule has 2 aliphatic heterocycles. The van der Waals surface area contributed by atoms with Crippen LogP contribution in [0.3, 0.4) is 0 Å². The van der Waals surface area contributed by atoms with Crippen LogP contribution in [0.15, 0.2) is 22.7 Å². The molecular weight excluding hydrogens is 425 g/mol. The number of nitrogens with one attached hydrogen (secondary N) is 2. The van der Waals surface area contributed by atoms with Crippen LogP contribution in [0, 0.1) is 5.82 Å². The topological polar surface area (TPSA) is 64.6 Å². The van der Waals surface area contributed by atoms with Gasteiger partial charge in [-0.05, 0) is 69.2 Å². The summed E-state index contributed by atoms with van der Waals surface area (Å²) in [6.07, 6.45) is 5.42. The lowest BCUT2D eigenvalue weighted by atomic mass is 9.66. The second kappa shape index (κ2) is 8.28. The number of benzene rings is 1. The predicted octanol–water partition coefficient (Wildman–Crippen LogP) is 3.30. The first-order valence-electron chi connectivity index (χ1n) is 10.4. The van der Waals surface area contributed by atoms with Crippen molar-refractivity contribution in [3.8, 4) is 0 Å². The van der Waals surface area contributed by atoms with Gasteiger partial charge in [-0.2, -0.15) is 0 Å². The molecular formula is C21H29BrFN3O2. The quantitative estimate of drug-likeness (QED) is 0.657. The third-order valence-corrected chi connectivity index (χ3v) is 7.34. The average molecular weight is 454 g/mol. The van der Waals surface area contributed by atoms with E-state index in [0.717, 1.165) is 56.0 Å². The van der Waals surface area contributed by atoms with Gasteiger partial charge in [0.2, 0.25) is 0 Å². The Labute approximate surface area is 174 Å². The Morgan fingerprint density at radius 1 is 1.18 bits per heavy atom. The molecule has 0 bridgehead atoms. The summed E-state index contributed by atoms with van der Waals surface area (Å²) in [7, 11) is 0. The smallest absolute Gasteiger partial charge is 0.317 e. The highest BCUT2D eigenvalue weighted by molar-refractivity contribution is 9.10. The zero-order valence-corrected chi connectivity index (χ0v) is 17.7. The van der Waals surface area contributed by atoms with Gasteiger partial charge < -0.3 is 20.6 Å². The Hall–Kier alpha value is -1.18. The fraction of sp³-hybridized carbons (Fsp3) is 0.667. The van der Waals surface area contributed by atoms with Gasteiger partial charge in [0.25, 0.3) is 0 Å². The molecule has 7 heteroatoms. The van der Waals surface area contributed by atoms with Crippen LogP contribution in [0.5, 0.6) is 0 Å². The molecule has 3 N–H and O–H groups in total. The average Bonchev–Trinajstić information content (AvgIpc) is 2.69. The lowest BCUT2D eigenvalue weighted by Crippen LogP contribution is -2.66. The van der Waals surface area contributed by atoms with Crippen molar-refractivity contribution in [2.75, 3.05) is 19.6 Å². The van der Waals surface area contributed by atoms with Crippen LogP contribution in [0.25, 0.3) is 0 Å².